The van der Waals surface area contributed by atoms with Crippen molar-refractivity contribution in [2.75, 3.05) is 13.2 Å². The number of fused-ring (bicyclic) bond motifs is 1. The van der Waals surface area contributed by atoms with Crippen LogP contribution in [0.5, 0.6) is 11.5 Å². The molecule has 0 N–H and O–H groups in total. The zero-order valence-corrected chi connectivity index (χ0v) is 7.58. The van der Waals surface area contributed by atoms with Crippen LogP contribution < -0.4 is 9.47 Å². The van der Waals surface area contributed by atoms with E-state index in [1.54, 1.807) is 0 Å². The van der Waals surface area contributed by atoms with Gasteiger partial charge in [-0.15, -0.1) is 0 Å². The molecular formula is C11H13O2. The summed E-state index contributed by atoms with van der Waals surface area (Å²) in [6, 6.07) is 6.08. The highest BCUT2D eigenvalue weighted by Crippen LogP contribution is 2.30. The summed E-state index contributed by atoms with van der Waals surface area (Å²) in [7, 11) is 0. The van der Waals surface area contributed by atoms with Crippen LogP contribution in [0.15, 0.2) is 18.2 Å². The first-order chi connectivity index (χ1) is 6.40. The molecule has 0 spiro atoms. The van der Waals surface area contributed by atoms with E-state index in [2.05, 4.69) is 13.0 Å². The van der Waals surface area contributed by atoms with Gasteiger partial charge in [-0.05, 0) is 30.5 Å². The Kier molecular flexibility index (Phi) is 2.39. The molecule has 0 saturated carbocycles. The predicted octanol–water partition coefficient (Wildman–Crippen LogP) is 2.22. The van der Waals surface area contributed by atoms with Gasteiger partial charge in [-0.25, -0.2) is 0 Å². The topological polar surface area (TPSA) is 18.5 Å². The highest BCUT2D eigenvalue weighted by Gasteiger charge is 2.10. The lowest BCUT2D eigenvalue weighted by Crippen LogP contribution is -2.15. The molecule has 1 heterocycles. The van der Waals surface area contributed by atoms with Crippen molar-refractivity contribution in [1.29, 1.82) is 0 Å². The van der Waals surface area contributed by atoms with Crippen LogP contribution in [0, 0.1) is 6.92 Å². The van der Waals surface area contributed by atoms with Crippen molar-refractivity contribution in [3.63, 3.8) is 0 Å². The van der Waals surface area contributed by atoms with Crippen LogP contribution in [0.25, 0.3) is 0 Å². The Labute approximate surface area is 78.5 Å². The zero-order valence-electron chi connectivity index (χ0n) is 7.58. The van der Waals surface area contributed by atoms with Crippen LogP contribution in [-0.2, 0) is 6.42 Å². The van der Waals surface area contributed by atoms with E-state index in [4.69, 9.17) is 9.47 Å². The molecule has 69 valence electrons. The molecule has 2 rings (SSSR count). The number of benzene rings is 1. The normalized spacial score (nSPS) is 14.2. The molecule has 1 aliphatic rings. The van der Waals surface area contributed by atoms with Crippen molar-refractivity contribution in [2.45, 2.75) is 12.8 Å². The first-order valence-electron chi connectivity index (χ1n) is 4.58. The minimum absolute atomic E-state index is 0.654. The van der Waals surface area contributed by atoms with Gasteiger partial charge in [-0.1, -0.05) is 13.0 Å². The summed E-state index contributed by atoms with van der Waals surface area (Å²) in [5.41, 5.74) is 1.26. The van der Waals surface area contributed by atoms with Crippen molar-refractivity contribution in [2.24, 2.45) is 0 Å². The highest BCUT2D eigenvalue weighted by atomic mass is 16.6. The third-order valence-electron chi connectivity index (χ3n) is 2.07. The Balaban J connectivity index is 2.24. The van der Waals surface area contributed by atoms with Crippen molar-refractivity contribution in [3.05, 3.63) is 30.7 Å². The molecule has 1 aliphatic heterocycles. The Bertz CT molecular complexity index is 294. The fourth-order valence-electron chi connectivity index (χ4n) is 1.45. The van der Waals surface area contributed by atoms with Crippen LogP contribution in [0.4, 0.5) is 0 Å². The lowest BCUT2D eigenvalue weighted by molar-refractivity contribution is 0.171. The van der Waals surface area contributed by atoms with E-state index in [1.807, 2.05) is 12.1 Å². The van der Waals surface area contributed by atoms with Gasteiger partial charge in [0.25, 0.3) is 0 Å². The van der Waals surface area contributed by atoms with E-state index < -0.39 is 0 Å². The standard InChI is InChI=1S/C11H13O2/c1-2-3-9-4-5-10-11(8-9)13-7-6-12-10/h4-5,8H,1-3,6-7H2. The van der Waals surface area contributed by atoms with Gasteiger partial charge in [0.1, 0.15) is 13.2 Å². The van der Waals surface area contributed by atoms with Gasteiger partial charge in [0.2, 0.25) is 0 Å². The van der Waals surface area contributed by atoms with Crippen LogP contribution in [0.3, 0.4) is 0 Å². The summed E-state index contributed by atoms with van der Waals surface area (Å²) in [5, 5.41) is 0. The van der Waals surface area contributed by atoms with E-state index >= 15 is 0 Å². The molecule has 0 amide bonds. The first kappa shape index (κ1) is 8.42. The highest BCUT2D eigenvalue weighted by molar-refractivity contribution is 5.43. The van der Waals surface area contributed by atoms with Crippen molar-refractivity contribution in [3.8, 4) is 11.5 Å². The summed E-state index contributed by atoms with van der Waals surface area (Å²) in [5.74, 6) is 1.73. The van der Waals surface area contributed by atoms with Crippen LogP contribution in [0.1, 0.15) is 12.0 Å². The van der Waals surface area contributed by atoms with Gasteiger partial charge in [0.05, 0.1) is 0 Å². The first-order valence-corrected chi connectivity index (χ1v) is 4.58. The smallest absolute Gasteiger partial charge is 0.161 e. The Hall–Kier alpha value is -1.18. The molecule has 0 saturated heterocycles. The van der Waals surface area contributed by atoms with Crippen molar-refractivity contribution in [1.82, 2.24) is 0 Å². The summed E-state index contributed by atoms with van der Waals surface area (Å²) in [6.07, 6.45) is 1.91. The number of hydrogen-bond acceptors (Lipinski definition) is 2. The Morgan fingerprint density at radius 2 is 1.92 bits per heavy atom. The van der Waals surface area contributed by atoms with Gasteiger partial charge < -0.3 is 9.47 Å². The number of ether oxygens (including phenoxy) is 2. The van der Waals surface area contributed by atoms with E-state index in [0.717, 1.165) is 24.3 Å². The molecule has 0 atom stereocenters. The zero-order chi connectivity index (χ0) is 9.10. The summed E-state index contributed by atoms with van der Waals surface area (Å²) in [6.45, 7) is 5.13. The minimum atomic E-state index is 0.654. The lowest BCUT2D eigenvalue weighted by Gasteiger charge is -2.18. The Morgan fingerprint density at radius 3 is 2.69 bits per heavy atom. The summed E-state index contributed by atoms with van der Waals surface area (Å²) < 4.78 is 10.9. The SMILES string of the molecule is [CH2]CCc1ccc2c(c1)OCCO2. The average molecular weight is 177 g/mol. The second-order valence-corrected chi connectivity index (χ2v) is 3.08. The molecule has 1 radical (unpaired) electrons. The maximum absolute atomic E-state index is 5.47. The third kappa shape index (κ3) is 1.77. The molecule has 0 fully saturated rings. The quantitative estimate of drug-likeness (QED) is 0.689. The van der Waals surface area contributed by atoms with E-state index in [9.17, 15) is 0 Å². The molecule has 1 aromatic rings. The summed E-state index contributed by atoms with van der Waals surface area (Å²) >= 11 is 0. The molecule has 2 nitrogen and oxygen atoms in total. The second-order valence-electron chi connectivity index (χ2n) is 3.08. The average Bonchev–Trinajstić information content (AvgIpc) is 2.18. The molecule has 0 aromatic heterocycles. The molecule has 0 aliphatic carbocycles. The van der Waals surface area contributed by atoms with Gasteiger partial charge in [0.15, 0.2) is 11.5 Å². The Morgan fingerprint density at radius 1 is 1.15 bits per heavy atom. The summed E-state index contributed by atoms with van der Waals surface area (Å²) in [4.78, 5) is 0. The molecule has 2 heteroatoms. The molecule has 1 aromatic carbocycles. The maximum atomic E-state index is 5.47. The molecule has 0 bridgehead atoms. The lowest BCUT2D eigenvalue weighted by atomic mass is 10.1. The van der Waals surface area contributed by atoms with Gasteiger partial charge in [0, 0.05) is 0 Å². The van der Waals surface area contributed by atoms with Crippen molar-refractivity contribution < 1.29 is 9.47 Å². The minimum Gasteiger partial charge on any atom is -0.486 e. The fraction of sp³-hybridized carbons (Fsp3) is 0.364. The molecule has 0 unspecified atom stereocenters. The molecular weight excluding hydrogens is 164 g/mol. The van der Waals surface area contributed by atoms with E-state index in [0.29, 0.717) is 13.2 Å². The van der Waals surface area contributed by atoms with Gasteiger partial charge in [-0.2, -0.15) is 0 Å². The monoisotopic (exact) mass is 177 g/mol. The maximum Gasteiger partial charge on any atom is 0.161 e. The molecule has 13 heavy (non-hydrogen) atoms. The van der Waals surface area contributed by atoms with Crippen LogP contribution in [-0.4, -0.2) is 13.2 Å². The number of hydrogen-bond donors (Lipinski definition) is 0. The van der Waals surface area contributed by atoms with E-state index in [-0.39, 0.29) is 0 Å². The van der Waals surface area contributed by atoms with Crippen molar-refractivity contribution >= 4 is 0 Å². The fourth-order valence-corrected chi connectivity index (χ4v) is 1.45. The third-order valence-corrected chi connectivity index (χ3v) is 2.07. The second kappa shape index (κ2) is 3.69. The number of rotatable bonds is 2. The van der Waals surface area contributed by atoms with Crippen LogP contribution in [0.2, 0.25) is 0 Å². The predicted molar refractivity (Wildman–Crippen MR) is 51.1 cm³/mol. The van der Waals surface area contributed by atoms with E-state index in [1.165, 1.54) is 5.56 Å². The van der Waals surface area contributed by atoms with Gasteiger partial charge in [-0.3, -0.25) is 0 Å². The van der Waals surface area contributed by atoms with Gasteiger partial charge >= 0.3 is 0 Å². The largest absolute Gasteiger partial charge is 0.486 e. The number of aryl methyl sites for hydroxylation is 1. The van der Waals surface area contributed by atoms with Crippen LogP contribution >= 0.6 is 0 Å².